The minimum atomic E-state index is 0.784. The molecule has 0 fully saturated rings. The van der Waals surface area contributed by atoms with Crippen LogP contribution in [0.5, 0.6) is 0 Å². The van der Waals surface area contributed by atoms with E-state index in [2.05, 4.69) is 212 Å². The van der Waals surface area contributed by atoms with E-state index in [1.54, 1.807) is 0 Å². The van der Waals surface area contributed by atoms with E-state index in [1.807, 2.05) is 24.3 Å². The summed E-state index contributed by atoms with van der Waals surface area (Å²) < 4.78 is 9.45. The largest absolute Gasteiger partial charge is 0.309 e. The van der Waals surface area contributed by atoms with Crippen molar-refractivity contribution in [2.45, 2.75) is 0 Å². The van der Waals surface area contributed by atoms with Crippen molar-refractivity contribution in [1.82, 2.24) is 28.5 Å². The van der Waals surface area contributed by atoms with Gasteiger partial charge in [-0.3, -0.25) is 4.57 Å². The van der Waals surface area contributed by atoms with Crippen LogP contribution in [-0.2, 0) is 0 Å². The molecular formula is C56H36N6. The van der Waals surface area contributed by atoms with E-state index in [-0.39, 0.29) is 0 Å². The normalized spacial score (nSPS) is 11.9. The molecule has 6 heteroatoms. The number of hydrogen-bond acceptors (Lipinski definition) is 2. The van der Waals surface area contributed by atoms with Crippen LogP contribution in [0.3, 0.4) is 0 Å². The van der Waals surface area contributed by atoms with Crippen molar-refractivity contribution in [3.63, 3.8) is 0 Å². The van der Waals surface area contributed by atoms with E-state index in [9.17, 15) is 0 Å². The Labute approximate surface area is 356 Å². The highest BCUT2D eigenvalue weighted by Crippen LogP contribution is 2.43. The van der Waals surface area contributed by atoms with E-state index < -0.39 is 0 Å². The number of nitrogens with zero attached hydrogens (tertiary/aromatic N) is 6. The summed E-state index contributed by atoms with van der Waals surface area (Å²) in [6.45, 7) is 0. The number of hydrogen-bond donors (Lipinski definition) is 0. The van der Waals surface area contributed by atoms with Gasteiger partial charge >= 0.3 is 0 Å². The first-order chi connectivity index (χ1) is 30.8. The zero-order valence-electron chi connectivity index (χ0n) is 33.5. The van der Waals surface area contributed by atoms with Crippen molar-refractivity contribution in [3.05, 3.63) is 218 Å². The van der Waals surface area contributed by atoms with Gasteiger partial charge in [-0.15, -0.1) is 10.2 Å². The molecule has 0 radical (unpaired) electrons. The molecule has 4 aromatic heterocycles. The van der Waals surface area contributed by atoms with Gasteiger partial charge in [0.15, 0.2) is 11.6 Å². The molecule has 62 heavy (non-hydrogen) atoms. The maximum Gasteiger partial charge on any atom is 0.168 e. The lowest BCUT2D eigenvalue weighted by atomic mass is 10.1. The summed E-state index contributed by atoms with van der Waals surface area (Å²) >= 11 is 0. The van der Waals surface area contributed by atoms with Crippen LogP contribution in [0.15, 0.2) is 218 Å². The number of fused-ring (bicyclic) bond motifs is 10. The fourth-order valence-electron chi connectivity index (χ4n) is 9.86. The van der Waals surface area contributed by atoms with Crippen LogP contribution < -0.4 is 0 Å². The predicted molar refractivity (Wildman–Crippen MR) is 255 cm³/mol. The average molecular weight is 793 g/mol. The minimum absolute atomic E-state index is 0.784. The van der Waals surface area contributed by atoms with Crippen molar-refractivity contribution in [1.29, 1.82) is 0 Å². The minimum Gasteiger partial charge on any atom is -0.309 e. The lowest BCUT2D eigenvalue weighted by Crippen LogP contribution is -2.01. The Bertz CT molecular complexity index is 3850. The van der Waals surface area contributed by atoms with Gasteiger partial charge in [0, 0.05) is 66.2 Å². The van der Waals surface area contributed by atoms with Gasteiger partial charge in [-0.1, -0.05) is 146 Å². The summed E-state index contributed by atoms with van der Waals surface area (Å²) in [5.74, 6) is 1.58. The second kappa shape index (κ2) is 13.5. The third kappa shape index (κ3) is 5.04. The molecule has 0 N–H and O–H groups in total. The molecule has 4 heterocycles. The Hall–Kier alpha value is -8.48. The Morgan fingerprint density at radius 3 is 1.40 bits per heavy atom. The third-order valence-corrected chi connectivity index (χ3v) is 12.5. The Balaban J connectivity index is 1.04. The summed E-state index contributed by atoms with van der Waals surface area (Å²) in [6.07, 6.45) is 0. The summed E-state index contributed by atoms with van der Waals surface area (Å²) in [4.78, 5) is 0. The molecular weight excluding hydrogens is 757 g/mol. The Kier molecular flexibility index (Phi) is 7.50. The zero-order valence-corrected chi connectivity index (χ0v) is 33.5. The standard InChI is InChI=1S/C56H36N6/c1-4-17-37(18-5-1)55-57-58-56(62(55)40-21-8-3-9-22-40)38-31-32-45-43-25-10-13-28-48(43)60(52(45)35-38)42-24-16-23-41(36-42)59-50-30-15-12-27-47(50)53-51(59)34-33-46-44-26-11-14-29-49(44)61(54(46)53)39-19-6-2-7-20-39/h1-36H. The van der Waals surface area contributed by atoms with Crippen LogP contribution in [0.25, 0.3) is 111 Å². The first kappa shape index (κ1) is 34.4. The maximum absolute atomic E-state index is 4.87. The quantitative estimate of drug-likeness (QED) is 0.168. The highest BCUT2D eigenvalue weighted by Gasteiger charge is 2.23. The molecule has 13 aromatic rings. The van der Waals surface area contributed by atoms with E-state index in [0.29, 0.717) is 0 Å². The van der Waals surface area contributed by atoms with Crippen molar-refractivity contribution >= 4 is 65.4 Å². The van der Waals surface area contributed by atoms with Gasteiger partial charge in [0.2, 0.25) is 0 Å². The third-order valence-electron chi connectivity index (χ3n) is 12.5. The fourth-order valence-corrected chi connectivity index (χ4v) is 9.86. The maximum atomic E-state index is 4.87. The average Bonchev–Trinajstić information content (AvgIpc) is 4.11. The molecule has 0 saturated heterocycles. The molecule has 0 aliphatic heterocycles. The SMILES string of the molecule is c1ccc(-c2nnc(-c3ccc4c5ccccc5n(-c5cccc(-n6c7ccccc7c7c6ccc6c8ccccc8n(-c8ccccc8)c67)c5)c4c3)n2-c2ccccc2)cc1. The summed E-state index contributed by atoms with van der Waals surface area (Å²) in [6, 6.07) is 78.0. The van der Waals surface area contributed by atoms with Gasteiger partial charge in [0.25, 0.3) is 0 Å². The monoisotopic (exact) mass is 792 g/mol. The topological polar surface area (TPSA) is 45.5 Å². The van der Waals surface area contributed by atoms with Crippen LogP contribution >= 0.6 is 0 Å². The molecule has 0 amide bonds. The molecule has 0 saturated carbocycles. The Morgan fingerprint density at radius 1 is 0.258 bits per heavy atom. The van der Waals surface area contributed by atoms with E-state index in [1.165, 1.54) is 43.4 Å². The van der Waals surface area contributed by atoms with Gasteiger partial charge in [0.05, 0.1) is 33.1 Å². The molecule has 9 aromatic carbocycles. The second-order valence-electron chi connectivity index (χ2n) is 15.9. The first-order valence-electron chi connectivity index (χ1n) is 21.0. The van der Waals surface area contributed by atoms with Crippen molar-refractivity contribution in [2.75, 3.05) is 0 Å². The summed E-state index contributed by atoms with van der Waals surface area (Å²) in [5, 5.41) is 17.0. The summed E-state index contributed by atoms with van der Waals surface area (Å²) in [7, 11) is 0. The lowest BCUT2D eigenvalue weighted by Gasteiger charge is -2.14. The van der Waals surface area contributed by atoms with Crippen LogP contribution in [0, 0.1) is 0 Å². The molecule has 0 spiro atoms. The van der Waals surface area contributed by atoms with Crippen LogP contribution in [0.1, 0.15) is 0 Å². The Morgan fingerprint density at radius 2 is 0.726 bits per heavy atom. The smallest absolute Gasteiger partial charge is 0.168 e. The zero-order chi connectivity index (χ0) is 40.7. The summed E-state index contributed by atoms with van der Waals surface area (Å²) in [5.41, 5.74) is 13.3. The van der Waals surface area contributed by atoms with Crippen LogP contribution in [-0.4, -0.2) is 28.5 Å². The molecule has 0 aliphatic carbocycles. The van der Waals surface area contributed by atoms with Gasteiger partial charge in [-0.05, 0) is 72.8 Å². The van der Waals surface area contributed by atoms with Gasteiger partial charge in [-0.2, -0.15) is 0 Å². The molecule has 13 rings (SSSR count). The molecule has 6 nitrogen and oxygen atoms in total. The molecule has 0 aliphatic rings. The van der Waals surface area contributed by atoms with E-state index in [4.69, 9.17) is 10.2 Å². The van der Waals surface area contributed by atoms with Crippen molar-refractivity contribution in [2.24, 2.45) is 0 Å². The first-order valence-corrected chi connectivity index (χ1v) is 21.0. The van der Waals surface area contributed by atoms with Gasteiger partial charge in [-0.25, -0.2) is 0 Å². The molecule has 290 valence electrons. The molecule has 0 bridgehead atoms. The van der Waals surface area contributed by atoms with Crippen LogP contribution in [0.2, 0.25) is 0 Å². The highest BCUT2D eigenvalue weighted by molar-refractivity contribution is 6.26. The number of para-hydroxylation sites is 5. The molecule has 0 unspecified atom stereocenters. The number of rotatable bonds is 6. The van der Waals surface area contributed by atoms with Gasteiger partial charge < -0.3 is 13.7 Å². The number of benzene rings is 9. The van der Waals surface area contributed by atoms with Crippen LogP contribution in [0.4, 0.5) is 0 Å². The highest BCUT2D eigenvalue weighted by atomic mass is 15.3. The number of aromatic nitrogens is 6. The van der Waals surface area contributed by atoms with E-state index >= 15 is 0 Å². The lowest BCUT2D eigenvalue weighted by molar-refractivity contribution is 1.07. The van der Waals surface area contributed by atoms with Crippen molar-refractivity contribution < 1.29 is 0 Å². The molecule has 0 atom stereocenters. The predicted octanol–water partition coefficient (Wildman–Crippen LogP) is 13.9. The fraction of sp³-hybridized carbons (Fsp3) is 0. The van der Waals surface area contributed by atoms with Gasteiger partial charge in [0.1, 0.15) is 0 Å². The van der Waals surface area contributed by atoms with Crippen molar-refractivity contribution in [3.8, 4) is 45.5 Å². The van der Waals surface area contributed by atoms with E-state index in [0.717, 1.165) is 67.6 Å². The second-order valence-corrected chi connectivity index (χ2v) is 15.9.